The minimum absolute atomic E-state index is 0.0216. The van der Waals surface area contributed by atoms with Crippen LogP contribution in [0.25, 0.3) is 0 Å². The number of rotatable bonds is 2. The topological polar surface area (TPSA) is 38.9 Å². The molecule has 0 amide bonds. The summed E-state index contributed by atoms with van der Waals surface area (Å²) in [6.45, 7) is 4.08. The molecule has 0 radical (unpaired) electrons. The molecule has 1 atom stereocenters. The largest absolute Gasteiger partial charge is 0.320 e. The highest BCUT2D eigenvalue weighted by molar-refractivity contribution is 7.10. The maximum atomic E-state index is 6.21. The summed E-state index contributed by atoms with van der Waals surface area (Å²) >= 11 is 1.71. The molecule has 0 aliphatic heterocycles. The summed E-state index contributed by atoms with van der Waals surface area (Å²) in [5.41, 5.74) is 9.62. The van der Waals surface area contributed by atoms with Gasteiger partial charge in [-0.25, -0.2) is 0 Å². The molecule has 2 heterocycles. The fourth-order valence-electron chi connectivity index (χ4n) is 1.62. The highest BCUT2D eigenvalue weighted by atomic mass is 32.1. The summed E-state index contributed by atoms with van der Waals surface area (Å²) in [6.07, 6.45) is 1.81. The van der Waals surface area contributed by atoms with E-state index in [4.69, 9.17) is 5.73 Å². The first-order valence-electron chi connectivity index (χ1n) is 4.90. The summed E-state index contributed by atoms with van der Waals surface area (Å²) in [7, 11) is 0. The fraction of sp³-hybridized carbons (Fsp3) is 0.250. The Balaban J connectivity index is 2.36. The molecule has 2 rings (SSSR count). The predicted molar refractivity (Wildman–Crippen MR) is 64.1 cm³/mol. The number of hydrogen-bond donors (Lipinski definition) is 1. The Hall–Kier alpha value is -1.19. The average molecular weight is 218 g/mol. The number of aromatic nitrogens is 1. The second kappa shape index (κ2) is 4.13. The van der Waals surface area contributed by atoms with Gasteiger partial charge in [-0.05, 0) is 48.6 Å². The highest BCUT2D eigenvalue weighted by Crippen LogP contribution is 2.27. The van der Waals surface area contributed by atoms with Crippen LogP contribution in [0.15, 0.2) is 29.8 Å². The second-order valence-corrected chi connectivity index (χ2v) is 4.62. The normalized spacial score (nSPS) is 12.7. The van der Waals surface area contributed by atoms with Gasteiger partial charge >= 0.3 is 0 Å². The quantitative estimate of drug-likeness (QED) is 0.841. The molecule has 78 valence electrons. The van der Waals surface area contributed by atoms with Crippen LogP contribution in [-0.2, 0) is 0 Å². The Bertz CT molecular complexity index is 462. The van der Waals surface area contributed by atoms with Crippen LogP contribution in [0.2, 0.25) is 0 Å². The van der Waals surface area contributed by atoms with E-state index in [0.29, 0.717) is 0 Å². The van der Waals surface area contributed by atoms with Crippen LogP contribution in [0.5, 0.6) is 0 Å². The van der Waals surface area contributed by atoms with Gasteiger partial charge in [0, 0.05) is 16.8 Å². The van der Waals surface area contributed by atoms with Crippen LogP contribution in [-0.4, -0.2) is 4.98 Å². The van der Waals surface area contributed by atoms with Gasteiger partial charge in [0.25, 0.3) is 0 Å². The van der Waals surface area contributed by atoms with E-state index in [1.54, 1.807) is 11.3 Å². The molecular weight excluding hydrogens is 204 g/mol. The third kappa shape index (κ3) is 2.08. The fourth-order valence-corrected chi connectivity index (χ4v) is 2.57. The number of nitrogens with zero attached hydrogens (tertiary/aromatic N) is 1. The molecule has 15 heavy (non-hydrogen) atoms. The lowest BCUT2D eigenvalue weighted by Crippen LogP contribution is -2.11. The van der Waals surface area contributed by atoms with E-state index in [0.717, 1.165) is 11.3 Å². The summed E-state index contributed by atoms with van der Waals surface area (Å²) < 4.78 is 0. The lowest BCUT2D eigenvalue weighted by Gasteiger charge is -2.11. The molecule has 0 aromatic carbocycles. The van der Waals surface area contributed by atoms with Crippen molar-refractivity contribution < 1.29 is 0 Å². The van der Waals surface area contributed by atoms with E-state index in [1.165, 1.54) is 10.4 Å². The Morgan fingerprint density at radius 1 is 1.33 bits per heavy atom. The zero-order valence-corrected chi connectivity index (χ0v) is 9.71. The summed E-state index contributed by atoms with van der Waals surface area (Å²) in [5, 5.41) is 2.08. The molecular formula is C12H14N2S. The maximum absolute atomic E-state index is 6.21. The van der Waals surface area contributed by atoms with E-state index in [2.05, 4.69) is 23.4 Å². The van der Waals surface area contributed by atoms with Crippen molar-refractivity contribution in [1.29, 1.82) is 0 Å². The summed E-state index contributed by atoms with van der Waals surface area (Å²) in [6, 6.07) is 6.11. The number of aryl methyl sites for hydroxylation is 2. The lowest BCUT2D eigenvalue weighted by atomic mass is 10.0. The van der Waals surface area contributed by atoms with Crippen LogP contribution in [0.4, 0.5) is 0 Å². The Morgan fingerprint density at radius 2 is 2.13 bits per heavy atom. The van der Waals surface area contributed by atoms with Gasteiger partial charge in [0.1, 0.15) is 0 Å². The van der Waals surface area contributed by atoms with Gasteiger partial charge < -0.3 is 5.73 Å². The molecule has 2 N–H and O–H groups in total. The molecule has 2 nitrogen and oxygen atoms in total. The zero-order valence-electron chi connectivity index (χ0n) is 8.90. The highest BCUT2D eigenvalue weighted by Gasteiger charge is 2.12. The van der Waals surface area contributed by atoms with Crippen LogP contribution < -0.4 is 5.73 Å². The second-order valence-electron chi connectivity index (χ2n) is 3.68. The molecule has 0 spiro atoms. The van der Waals surface area contributed by atoms with Crippen molar-refractivity contribution in [2.24, 2.45) is 5.73 Å². The Kier molecular flexibility index (Phi) is 2.84. The van der Waals surface area contributed by atoms with Gasteiger partial charge in [0.05, 0.1) is 6.04 Å². The van der Waals surface area contributed by atoms with E-state index < -0.39 is 0 Å². The van der Waals surface area contributed by atoms with Crippen molar-refractivity contribution in [2.75, 3.05) is 0 Å². The smallest absolute Gasteiger partial charge is 0.0649 e. The number of nitrogens with two attached hydrogens (primary N) is 1. The van der Waals surface area contributed by atoms with E-state index >= 15 is 0 Å². The van der Waals surface area contributed by atoms with Gasteiger partial charge in [0.15, 0.2) is 0 Å². The van der Waals surface area contributed by atoms with E-state index in [9.17, 15) is 0 Å². The van der Waals surface area contributed by atoms with Crippen molar-refractivity contribution in [3.05, 3.63) is 51.5 Å². The van der Waals surface area contributed by atoms with Crippen LogP contribution in [0, 0.1) is 13.8 Å². The molecule has 0 bridgehead atoms. The molecule has 0 aliphatic carbocycles. The first-order chi connectivity index (χ1) is 7.18. The Morgan fingerprint density at radius 3 is 2.73 bits per heavy atom. The number of thiophene rings is 1. The molecule has 3 heteroatoms. The molecule has 0 aliphatic rings. The standard InChI is InChI=1S/C12H14N2S/c1-8-4-6-15-12(8)11(13)10-3-5-14-9(2)7-10/h3-7,11H,13H2,1-2H3. The molecule has 2 aromatic rings. The van der Waals surface area contributed by atoms with Gasteiger partial charge in [-0.1, -0.05) is 0 Å². The molecule has 2 aromatic heterocycles. The zero-order chi connectivity index (χ0) is 10.8. The minimum atomic E-state index is -0.0216. The molecule has 0 fully saturated rings. The van der Waals surface area contributed by atoms with Crippen molar-refractivity contribution >= 4 is 11.3 Å². The minimum Gasteiger partial charge on any atom is -0.320 e. The van der Waals surface area contributed by atoms with Crippen molar-refractivity contribution in [3.63, 3.8) is 0 Å². The summed E-state index contributed by atoms with van der Waals surface area (Å²) in [4.78, 5) is 5.41. The monoisotopic (exact) mass is 218 g/mol. The van der Waals surface area contributed by atoms with Crippen LogP contribution in [0.3, 0.4) is 0 Å². The maximum Gasteiger partial charge on any atom is 0.0649 e. The SMILES string of the molecule is Cc1cc(C(N)c2sccc2C)ccn1. The lowest BCUT2D eigenvalue weighted by molar-refractivity contribution is 0.877. The average Bonchev–Trinajstić information content (AvgIpc) is 2.63. The van der Waals surface area contributed by atoms with Gasteiger partial charge in [-0.3, -0.25) is 4.98 Å². The first-order valence-corrected chi connectivity index (χ1v) is 5.78. The Labute approximate surface area is 93.8 Å². The van der Waals surface area contributed by atoms with Crippen molar-refractivity contribution in [3.8, 4) is 0 Å². The van der Waals surface area contributed by atoms with Crippen molar-refractivity contribution in [2.45, 2.75) is 19.9 Å². The molecule has 0 saturated carbocycles. The number of hydrogen-bond acceptors (Lipinski definition) is 3. The first kappa shape index (κ1) is 10.3. The third-order valence-electron chi connectivity index (χ3n) is 2.46. The van der Waals surface area contributed by atoms with Gasteiger partial charge in [0.2, 0.25) is 0 Å². The van der Waals surface area contributed by atoms with Crippen LogP contribution >= 0.6 is 11.3 Å². The van der Waals surface area contributed by atoms with Crippen LogP contribution in [0.1, 0.15) is 27.7 Å². The van der Waals surface area contributed by atoms with E-state index in [1.807, 2.05) is 25.3 Å². The molecule has 1 unspecified atom stereocenters. The van der Waals surface area contributed by atoms with Gasteiger partial charge in [-0.15, -0.1) is 11.3 Å². The predicted octanol–water partition coefficient (Wildman–Crippen LogP) is 2.81. The van der Waals surface area contributed by atoms with E-state index in [-0.39, 0.29) is 6.04 Å². The number of pyridine rings is 1. The van der Waals surface area contributed by atoms with Crippen molar-refractivity contribution in [1.82, 2.24) is 4.98 Å². The molecule has 0 saturated heterocycles. The third-order valence-corrected chi connectivity index (χ3v) is 3.57. The van der Waals surface area contributed by atoms with Gasteiger partial charge in [-0.2, -0.15) is 0 Å². The summed E-state index contributed by atoms with van der Waals surface area (Å²) in [5.74, 6) is 0.